The highest BCUT2D eigenvalue weighted by atomic mass is 32.2. The van der Waals surface area contributed by atoms with Crippen LogP contribution in [0.25, 0.3) is 0 Å². The number of nitrogens with one attached hydrogen (secondary N) is 2. The third kappa shape index (κ3) is 7.72. The summed E-state index contributed by atoms with van der Waals surface area (Å²) in [5.74, 6) is 0.103. The topological polar surface area (TPSA) is 149 Å². The Morgan fingerprint density at radius 1 is 0.955 bits per heavy atom. The minimum Gasteiger partial charge on any atom is -0.486 e. The number of hydrogen-bond acceptors (Lipinski definition) is 9. The lowest BCUT2D eigenvalue weighted by atomic mass is 10.2. The van der Waals surface area contributed by atoms with E-state index < -0.39 is 28.3 Å². The van der Waals surface area contributed by atoms with Crippen molar-refractivity contribution in [2.24, 2.45) is 5.10 Å². The molecule has 3 aromatic carbocycles. The third-order valence-electron chi connectivity index (χ3n) is 6.20. The molecule has 44 heavy (non-hydrogen) atoms. The van der Waals surface area contributed by atoms with Crippen LogP contribution in [0.4, 0.5) is 10.1 Å². The first kappa shape index (κ1) is 30.1. The smallest absolute Gasteiger partial charge is 0.264 e. The van der Waals surface area contributed by atoms with Crippen LogP contribution in [0.1, 0.15) is 11.3 Å². The predicted octanol–water partition coefficient (Wildman–Crippen LogP) is 3.23. The minimum absolute atomic E-state index is 0.0747. The molecule has 228 valence electrons. The normalized spacial score (nSPS) is 12.5. The van der Waals surface area contributed by atoms with Gasteiger partial charge in [0.2, 0.25) is 0 Å². The zero-order chi connectivity index (χ0) is 30.9. The second-order valence-corrected chi connectivity index (χ2v) is 11.2. The third-order valence-corrected chi connectivity index (χ3v) is 7.97. The number of fused-ring (bicyclic) bond motifs is 1. The Bertz CT molecular complexity index is 1730. The molecule has 0 atom stereocenters. The van der Waals surface area contributed by atoms with Crippen molar-refractivity contribution >= 4 is 33.7 Å². The van der Waals surface area contributed by atoms with Crippen LogP contribution in [-0.2, 0) is 26.2 Å². The van der Waals surface area contributed by atoms with Gasteiger partial charge >= 0.3 is 0 Å². The van der Waals surface area contributed by atoms with E-state index in [1.165, 1.54) is 42.8 Å². The Morgan fingerprint density at radius 2 is 1.70 bits per heavy atom. The molecule has 0 unspecified atom stereocenters. The zero-order valence-corrected chi connectivity index (χ0v) is 24.0. The van der Waals surface area contributed by atoms with Gasteiger partial charge in [0.25, 0.3) is 21.8 Å². The summed E-state index contributed by atoms with van der Waals surface area (Å²) in [5.41, 5.74) is 2.98. The van der Waals surface area contributed by atoms with Crippen LogP contribution in [0.15, 0.2) is 99.5 Å². The largest absolute Gasteiger partial charge is 0.486 e. The number of ether oxygens (including phenoxy) is 3. The maximum Gasteiger partial charge on any atom is 0.264 e. The van der Waals surface area contributed by atoms with Gasteiger partial charge in [-0.3, -0.25) is 13.9 Å². The number of hydrogen-bond donors (Lipinski definition) is 2. The van der Waals surface area contributed by atoms with Gasteiger partial charge in [0.05, 0.1) is 29.6 Å². The standard InChI is InChI=1S/C30H27FN4O8S/c31-22-5-7-23(8-6-22)35(44(38,39)26-11-12-27-28(16-26)42-15-14-41-27)19-29(36)34-33-17-21-3-9-24(10-4-21)43-20-30(37)32-18-25-2-1-13-40-25/h1-13,16-17H,14-15,18-20H2,(H,32,37)(H,34,36)/b33-17-. The number of nitrogens with zero attached hydrogens (tertiary/aromatic N) is 2. The molecule has 14 heteroatoms. The molecule has 4 aromatic rings. The first-order valence-corrected chi connectivity index (χ1v) is 14.7. The lowest BCUT2D eigenvalue weighted by Crippen LogP contribution is -2.39. The Labute approximate surface area is 252 Å². The van der Waals surface area contributed by atoms with Crippen LogP contribution in [-0.4, -0.2) is 52.8 Å². The van der Waals surface area contributed by atoms with Crippen molar-refractivity contribution in [1.29, 1.82) is 0 Å². The molecule has 0 aliphatic carbocycles. The van der Waals surface area contributed by atoms with E-state index in [4.69, 9.17) is 18.6 Å². The van der Waals surface area contributed by atoms with Crippen LogP contribution >= 0.6 is 0 Å². The first-order chi connectivity index (χ1) is 21.3. The second-order valence-electron chi connectivity index (χ2n) is 9.30. The van der Waals surface area contributed by atoms with Crippen molar-refractivity contribution in [3.05, 3.63) is 102 Å². The van der Waals surface area contributed by atoms with Crippen LogP contribution in [0.2, 0.25) is 0 Å². The van der Waals surface area contributed by atoms with Crippen LogP contribution in [0, 0.1) is 5.82 Å². The Kier molecular flexibility index (Phi) is 9.40. The van der Waals surface area contributed by atoms with Crippen LogP contribution < -0.4 is 29.3 Å². The van der Waals surface area contributed by atoms with E-state index in [9.17, 15) is 22.4 Å². The summed E-state index contributed by atoms with van der Waals surface area (Å²) in [7, 11) is -4.29. The van der Waals surface area contributed by atoms with Gasteiger partial charge in [-0.15, -0.1) is 0 Å². The molecule has 2 N–H and O–H groups in total. The van der Waals surface area contributed by atoms with Crippen molar-refractivity contribution in [3.8, 4) is 17.2 Å². The highest BCUT2D eigenvalue weighted by Crippen LogP contribution is 2.34. The fourth-order valence-corrected chi connectivity index (χ4v) is 5.46. The van der Waals surface area contributed by atoms with Crippen molar-refractivity contribution in [1.82, 2.24) is 10.7 Å². The molecule has 0 fully saturated rings. The molecule has 0 saturated heterocycles. The quantitative estimate of drug-likeness (QED) is 0.181. The van der Waals surface area contributed by atoms with E-state index in [1.54, 1.807) is 36.4 Å². The van der Waals surface area contributed by atoms with Gasteiger partial charge < -0.3 is 23.9 Å². The Balaban J connectivity index is 1.19. The number of carbonyl (C=O) groups excluding carboxylic acids is 2. The summed E-state index contributed by atoms with van der Waals surface area (Å²) in [4.78, 5) is 24.6. The van der Waals surface area contributed by atoms with E-state index >= 15 is 0 Å². The summed E-state index contributed by atoms with van der Waals surface area (Å²) < 4.78 is 63.3. The second kappa shape index (κ2) is 13.7. The van der Waals surface area contributed by atoms with Crippen LogP contribution in [0.3, 0.4) is 0 Å². The number of rotatable bonds is 12. The molecule has 1 aromatic heterocycles. The predicted molar refractivity (Wildman–Crippen MR) is 157 cm³/mol. The molecule has 0 bridgehead atoms. The van der Waals surface area contributed by atoms with E-state index in [0.717, 1.165) is 16.4 Å². The lowest BCUT2D eigenvalue weighted by Gasteiger charge is -2.25. The number of hydrazone groups is 1. The first-order valence-electron chi connectivity index (χ1n) is 13.3. The highest BCUT2D eigenvalue weighted by molar-refractivity contribution is 7.92. The molecule has 0 saturated carbocycles. The van der Waals surface area contributed by atoms with Crippen molar-refractivity contribution in [3.63, 3.8) is 0 Å². The molecular weight excluding hydrogens is 595 g/mol. The van der Waals surface area contributed by atoms with E-state index in [2.05, 4.69) is 15.8 Å². The highest BCUT2D eigenvalue weighted by Gasteiger charge is 2.29. The molecule has 0 spiro atoms. The summed E-state index contributed by atoms with van der Waals surface area (Å²) in [6.07, 6.45) is 2.88. The Morgan fingerprint density at radius 3 is 2.43 bits per heavy atom. The molecule has 0 radical (unpaired) electrons. The number of benzene rings is 3. The van der Waals surface area contributed by atoms with Gasteiger partial charge in [0, 0.05) is 6.07 Å². The fraction of sp³-hybridized carbons (Fsp3) is 0.167. The monoisotopic (exact) mass is 622 g/mol. The van der Waals surface area contributed by atoms with Crippen molar-refractivity contribution in [2.75, 3.05) is 30.7 Å². The van der Waals surface area contributed by atoms with Gasteiger partial charge in [0.1, 0.15) is 37.1 Å². The van der Waals surface area contributed by atoms with Gasteiger partial charge in [-0.25, -0.2) is 18.2 Å². The van der Waals surface area contributed by atoms with Gasteiger partial charge in [0.15, 0.2) is 18.1 Å². The number of halogens is 1. The fourth-order valence-electron chi connectivity index (χ4n) is 4.03. The van der Waals surface area contributed by atoms with Gasteiger partial charge in [-0.2, -0.15) is 5.10 Å². The van der Waals surface area contributed by atoms with Gasteiger partial charge in [-0.05, 0) is 78.4 Å². The van der Waals surface area contributed by atoms with E-state index in [-0.39, 0.29) is 42.0 Å². The number of anilines is 1. The van der Waals surface area contributed by atoms with Gasteiger partial charge in [-0.1, -0.05) is 0 Å². The molecule has 1 aliphatic heterocycles. The SMILES string of the molecule is O=C(COc1ccc(/C=N\NC(=O)CN(c2ccc(F)cc2)S(=O)(=O)c2ccc3c(c2)OCCO3)cc1)NCc1ccco1. The average molecular weight is 623 g/mol. The van der Waals surface area contributed by atoms with E-state index in [0.29, 0.717) is 29.4 Å². The summed E-state index contributed by atoms with van der Waals surface area (Å²) in [6.45, 7) is 0.0191. The molecular formula is C30H27FN4O8S. The summed E-state index contributed by atoms with van der Waals surface area (Å²) in [5, 5.41) is 6.59. The van der Waals surface area contributed by atoms with Crippen molar-refractivity contribution < 1.29 is 41.0 Å². The number of furan rings is 1. The molecule has 1 aliphatic rings. The summed E-state index contributed by atoms with van der Waals surface area (Å²) in [6, 6.07) is 18.9. The average Bonchev–Trinajstić information content (AvgIpc) is 3.56. The molecule has 5 rings (SSSR count). The molecule has 2 heterocycles. The minimum atomic E-state index is -4.29. The molecule has 2 amide bonds. The Hall–Kier alpha value is -5.37. The van der Waals surface area contributed by atoms with Crippen molar-refractivity contribution in [2.45, 2.75) is 11.4 Å². The lowest BCUT2D eigenvalue weighted by molar-refractivity contribution is -0.123. The molecule has 12 nitrogen and oxygen atoms in total. The maximum absolute atomic E-state index is 13.6. The number of sulfonamides is 1. The zero-order valence-electron chi connectivity index (χ0n) is 23.1. The number of carbonyl (C=O) groups is 2. The van der Waals surface area contributed by atoms with Crippen LogP contribution in [0.5, 0.6) is 17.2 Å². The summed E-state index contributed by atoms with van der Waals surface area (Å²) >= 11 is 0. The van der Waals surface area contributed by atoms with E-state index in [1.807, 2.05) is 0 Å². The number of amides is 2. The maximum atomic E-state index is 13.6.